The van der Waals surface area contributed by atoms with Gasteiger partial charge in [0.25, 0.3) is 0 Å². The Labute approximate surface area is 144 Å². The number of hydrogen-bond donors (Lipinski definition) is 1. The molecular weight excluding hydrogens is 360 g/mol. The molecule has 0 unspecified atom stereocenters. The molecule has 0 saturated carbocycles. The van der Waals surface area contributed by atoms with E-state index in [1.807, 2.05) is 0 Å². The van der Waals surface area contributed by atoms with E-state index in [1.54, 1.807) is 0 Å². The first-order valence-corrected chi connectivity index (χ1v) is 7.18. The van der Waals surface area contributed by atoms with Crippen molar-refractivity contribution in [2.24, 2.45) is 0 Å². The van der Waals surface area contributed by atoms with Crippen molar-refractivity contribution in [2.45, 2.75) is 0 Å². The number of benzene rings is 1. The van der Waals surface area contributed by atoms with Crippen molar-refractivity contribution >= 4 is 28.4 Å². The molecule has 0 aliphatic carbocycles. The van der Waals surface area contributed by atoms with Gasteiger partial charge in [0.2, 0.25) is 11.5 Å². The van der Waals surface area contributed by atoms with Gasteiger partial charge in [-0.25, -0.2) is 13.8 Å². The molecule has 0 atom stereocenters. The highest BCUT2D eigenvalue weighted by Crippen LogP contribution is 2.37. The third kappa shape index (κ3) is 2.64. The van der Waals surface area contributed by atoms with E-state index < -0.39 is 46.0 Å². The van der Waals surface area contributed by atoms with E-state index >= 15 is 0 Å². The lowest BCUT2D eigenvalue weighted by Crippen LogP contribution is -2.10. The van der Waals surface area contributed by atoms with Gasteiger partial charge in [-0.05, 0) is 6.07 Å². The first kappa shape index (κ1) is 17.0. The Hall–Kier alpha value is -2.87. The van der Waals surface area contributed by atoms with Gasteiger partial charge in [-0.2, -0.15) is 0 Å². The molecule has 0 bridgehead atoms. The second-order valence-corrected chi connectivity index (χ2v) is 5.28. The molecule has 1 aromatic carbocycles. The molecule has 0 saturated heterocycles. The zero-order chi connectivity index (χ0) is 18.3. The maximum absolute atomic E-state index is 14.4. The lowest BCUT2D eigenvalue weighted by molar-refractivity contribution is 0.0997. The number of carbonyl (C=O) groups is 1. The van der Waals surface area contributed by atoms with Crippen LogP contribution in [0.25, 0.3) is 11.0 Å². The number of aromatic nitrogens is 1. The number of halogens is 3. The van der Waals surface area contributed by atoms with Crippen LogP contribution in [0.3, 0.4) is 0 Å². The summed E-state index contributed by atoms with van der Waals surface area (Å²) in [7, 11) is 2.30. The number of hydrogen-bond acceptors (Lipinski definition) is 6. The molecule has 1 N–H and O–H groups in total. The van der Waals surface area contributed by atoms with Crippen LogP contribution in [-0.2, 0) is 0 Å². The van der Waals surface area contributed by atoms with Gasteiger partial charge in [0, 0.05) is 6.07 Å². The standard InChI is InChI=1S/C16H10ClF2NO5/c1-23-7-4-8(24-2)13(19)11(12(7)18)15(22)16-14(21)6-3-10(17)20-5-9(6)25-16/h3-5,21H,1-2H3. The third-order valence-electron chi connectivity index (χ3n) is 3.52. The molecule has 0 radical (unpaired) electrons. The number of carbonyl (C=O) groups excluding carboxylic acids is 1. The minimum atomic E-state index is -1.25. The molecule has 25 heavy (non-hydrogen) atoms. The van der Waals surface area contributed by atoms with Crippen LogP contribution >= 0.6 is 11.6 Å². The molecule has 2 aromatic heterocycles. The maximum atomic E-state index is 14.4. The van der Waals surface area contributed by atoms with Gasteiger partial charge in [0.1, 0.15) is 10.7 Å². The molecular formula is C16H10ClF2NO5. The highest BCUT2D eigenvalue weighted by Gasteiger charge is 2.31. The Morgan fingerprint density at radius 3 is 2.36 bits per heavy atom. The van der Waals surface area contributed by atoms with Gasteiger partial charge in [-0.15, -0.1) is 0 Å². The number of ether oxygens (including phenoxy) is 2. The SMILES string of the molecule is COc1cc(OC)c(F)c(C(=O)c2oc3cnc(Cl)cc3c2O)c1F. The summed E-state index contributed by atoms with van der Waals surface area (Å²) < 4.78 is 43.6. The number of nitrogens with zero attached hydrogens (tertiary/aromatic N) is 1. The summed E-state index contributed by atoms with van der Waals surface area (Å²) in [4.78, 5) is 16.3. The highest BCUT2D eigenvalue weighted by atomic mass is 35.5. The first-order chi connectivity index (χ1) is 11.9. The predicted octanol–water partition coefficient (Wildman–Crippen LogP) is 3.71. The smallest absolute Gasteiger partial charge is 0.238 e. The van der Waals surface area contributed by atoms with Crippen LogP contribution < -0.4 is 9.47 Å². The van der Waals surface area contributed by atoms with E-state index in [9.17, 15) is 18.7 Å². The van der Waals surface area contributed by atoms with Gasteiger partial charge >= 0.3 is 0 Å². The quantitative estimate of drug-likeness (QED) is 0.557. The summed E-state index contributed by atoms with van der Waals surface area (Å²) in [5.74, 6) is -5.79. The van der Waals surface area contributed by atoms with Crippen LogP contribution in [0.4, 0.5) is 8.78 Å². The number of rotatable bonds is 4. The minimum absolute atomic E-state index is 0.0286. The lowest BCUT2D eigenvalue weighted by atomic mass is 10.1. The van der Waals surface area contributed by atoms with E-state index in [1.165, 1.54) is 12.3 Å². The Balaban J connectivity index is 2.24. The van der Waals surface area contributed by atoms with Crippen molar-refractivity contribution in [1.82, 2.24) is 4.98 Å². The number of methoxy groups -OCH3 is 2. The van der Waals surface area contributed by atoms with E-state index in [0.29, 0.717) is 0 Å². The normalized spacial score (nSPS) is 10.9. The lowest BCUT2D eigenvalue weighted by Gasteiger charge is -2.11. The van der Waals surface area contributed by atoms with Crippen LogP contribution in [0.5, 0.6) is 17.2 Å². The summed E-state index contributed by atoms with van der Waals surface area (Å²) in [6, 6.07) is 2.22. The molecule has 0 amide bonds. The zero-order valence-electron chi connectivity index (χ0n) is 12.9. The largest absolute Gasteiger partial charge is 0.504 e. The maximum Gasteiger partial charge on any atom is 0.238 e. The van der Waals surface area contributed by atoms with Crippen LogP contribution in [0, 0.1) is 11.6 Å². The molecule has 6 nitrogen and oxygen atoms in total. The second-order valence-electron chi connectivity index (χ2n) is 4.90. The van der Waals surface area contributed by atoms with Crippen LogP contribution in [-0.4, -0.2) is 30.1 Å². The van der Waals surface area contributed by atoms with E-state index in [0.717, 1.165) is 20.3 Å². The fourth-order valence-corrected chi connectivity index (χ4v) is 2.47. The average Bonchev–Trinajstić information content (AvgIpc) is 2.91. The highest BCUT2D eigenvalue weighted by molar-refractivity contribution is 6.30. The minimum Gasteiger partial charge on any atom is -0.504 e. The molecule has 3 aromatic rings. The topological polar surface area (TPSA) is 81.8 Å². The van der Waals surface area contributed by atoms with Gasteiger partial charge in [-0.3, -0.25) is 4.79 Å². The first-order valence-electron chi connectivity index (χ1n) is 6.80. The molecule has 130 valence electrons. The summed E-state index contributed by atoms with van der Waals surface area (Å²) in [6.45, 7) is 0. The second kappa shape index (κ2) is 6.21. The van der Waals surface area contributed by atoms with E-state index in [2.05, 4.69) is 4.98 Å². The van der Waals surface area contributed by atoms with Crippen molar-refractivity contribution in [3.63, 3.8) is 0 Å². The Morgan fingerprint density at radius 1 is 1.20 bits per heavy atom. The van der Waals surface area contributed by atoms with Crippen molar-refractivity contribution in [1.29, 1.82) is 0 Å². The molecule has 0 spiro atoms. The van der Waals surface area contributed by atoms with E-state index in [-0.39, 0.29) is 16.1 Å². The summed E-state index contributed by atoms with van der Waals surface area (Å²) in [5.41, 5.74) is -0.953. The summed E-state index contributed by atoms with van der Waals surface area (Å²) in [6.07, 6.45) is 1.17. The fourth-order valence-electron chi connectivity index (χ4n) is 2.32. The van der Waals surface area contributed by atoms with Gasteiger partial charge in [-0.1, -0.05) is 11.6 Å². The van der Waals surface area contributed by atoms with Gasteiger partial charge < -0.3 is 19.0 Å². The Kier molecular flexibility index (Phi) is 4.22. The fraction of sp³-hybridized carbons (Fsp3) is 0.125. The average molecular weight is 370 g/mol. The Morgan fingerprint density at radius 2 is 1.80 bits per heavy atom. The number of fused-ring (bicyclic) bond motifs is 1. The molecule has 0 fully saturated rings. The molecule has 2 heterocycles. The molecule has 0 aliphatic heterocycles. The Bertz CT molecular complexity index is 974. The molecule has 3 rings (SSSR count). The number of furan rings is 1. The van der Waals surface area contributed by atoms with Gasteiger partial charge in [0.15, 0.2) is 34.5 Å². The number of ketones is 1. The van der Waals surface area contributed by atoms with Crippen molar-refractivity contribution < 1.29 is 32.6 Å². The van der Waals surface area contributed by atoms with Crippen LogP contribution in [0.1, 0.15) is 16.1 Å². The zero-order valence-corrected chi connectivity index (χ0v) is 13.6. The molecule has 9 heteroatoms. The predicted molar refractivity (Wildman–Crippen MR) is 83.6 cm³/mol. The van der Waals surface area contributed by atoms with Crippen molar-refractivity contribution in [2.75, 3.05) is 14.2 Å². The number of pyridine rings is 1. The van der Waals surface area contributed by atoms with E-state index in [4.69, 9.17) is 25.5 Å². The van der Waals surface area contributed by atoms with Gasteiger partial charge in [0.05, 0.1) is 25.8 Å². The molecule has 0 aliphatic rings. The third-order valence-corrected chi connectivity index (χ3v) is 3.73. The van der Waals surface area contributed by atoms with Crippen molar-refractivity contribution in [3.05, 3.63) is 46.4 Å². The monoisotopic (exact) mass is 369 g/mol. The van der Waals surface area contributed by atoms with Crippen LogP contribution in [0.15, 0.2) is 22.7 Å². The van der Waals surface area contributed by atoms with Crippen molar-refractivity contribution in [3.8, 4) is 17.2 Å². The number of aromatic hydroxyl groups is 1. The van der Waals surface area contributed by atoms with Crippen LogP contribution in [0.2, 0.25) is 5.15 Å². The summed E-state index contributed by atoms with van der Waals surface area (Å²) in [5, 5.41) is 10.3. The summed E-state index contributed by atoms with van der Waals surface area (Å²) >= 11 is 5.72.